The number of carbonyl (C=O) groups excluding carboxylic acids is 1. The largest absolute Gasteiger partial charge is 0.340 e. The van der Waals surface area contributed by atoms with Gasteiger partial charge < -0.3 is 10.2 Å². The van der Waals surface area contributed by atoms with Gasteiger partial charge in [0.25, 0.3) is 5.56 Å². The van der Waals surface area contributed by atoms with Crippen LogP contribution in [0.5, 0.6) is 0 Å². The summed E-state index contributed by atoms with van der Waals surface area (Å²) in [7, 11) is 0. The summed E-state index contributed by atoms with van der Waals surface area (Å²) in [5, 5.41) is 3.20. The van der Waals surface area contributed by atoms with E-state index in [2.05, 4.69) is 26.2 Å². The molecule has 7 heteroatoms. The molecule has 0 aromatic carbocycles. The molecule has 0 unspecified atom stereocenters. The first-order valence-corrected chi connectivity index (χ1v) is 7.09. The number of aryl methyl sites for hydroxylation is 1. The maximum absolute atomic E-state index is 12.0. The smallest absolute Gasteiger partial charge is 0.267 e. The number of nitrogens with zero attached hydrogens (tertiary/aromatic N) is 3. The van der Waals surface area contributed by atoms with Crippen LogP contribution in [0.25, 0.3) is 0 Å². The molecule has 2 rings (SSSR count). The minimum absolute atomic E-state index is 0.0905. The molecule has 19 heavy (non-hydrogen) atoms. The van der Waals surface area contributed by atoms with Crippen LogP contribution in [0.3, 0.4) is 0 Å². The monoisotopic (exact) mass is 328 g/mol. The topological polar surface area (TPSA) is 67.2 Å². The molecule has 1 aliphatic heterocycles. The van der Waals surface area contributed by atoms with Crippen molar-refractivity contribution in [3.63, 3.8) is 0 Å². The summed E-state index contributed by atoms with van der Waals surface area (Å²) < 4.78 is 1.96. The third-order valence-electron chi connectivity index (χ3n) is 3.22. The number of nitrogens with one attached hydrogen (secondary N) is 1. The summed E-state index contributed by atoms with van der Waals surface area (Å²) in [6.45, 7) is 5.29. The third kappa shape index (κ3) is 3.42. The van der Waals surface area contributed by atoms with E-state index in [4.69, 9.17) is 0 Å². The zero-order chi connectivity index (χ0) is 13.8. The Morgan fingerprint density at radius 2 is 2.16 bits per heavy atom. The molecule has 2 heterocycles. The summed E-state index contributed by atoms with van der Waals surface area (Å²) >= 11 is 3.16. The first-order valence-electron chi connectivity index (χ1n) is 6.30. The van der Waals surface area contributed by atoms with Gasteiger partial charge in [-0.05, 0) is 22.9 Å². The summed E-state index contributed by atoms with van der Waals surface area (Å²) in [4.78, 5) is 29.9. The second-order valence-electron chi connectivity index (χ2n) is 4.49. The predicted octanol–water partition coefficient (Wildman–Crippen LogP) is 0.136. The van der Waals surface area contributed by atoms with Crippen LogP contribution in [0.4, 0.5) is 0 Å². The fourth-order valence-electron chi connectivity index (χ4n) is 2.09. The van der Waals surface area contributed by atoms with Crippen LogP contribution in [0.2, 0.25) is 0 Å². The van der Waals surface area contributed by atoms with E-state index in [0.717, 1.165) is 26.2 Å². The predicted molar refractivity (Wildman–Crippen MR) is 75.0 cm³/mol. The van der Waals surface area contributed by atoms with Crippen LogP contribution in [0, 0.1) is 6.92 Å². The van der Waals surface area contributed by atoms with Gasteiger partial charge in [-0.15, -0.1) is 0 Å². The molecule has 1 saturated heterocycles. The van der Waals surface area contributed by atoms with E-state index in [9.17, 15) is 9.59 Å². The molecule has 1 aromatic rings. The van der Waals surface area contributed by atoms with E-state index in [1.54, 1.807) is 6.92 Å². The summed E-state index contributed by atoms with van der Waals surface area (Å²) in [5.41, 5.74) is -0.138. The highest BCUT2D eigenvalue weighted by Gasteiger charge is 2.16. The Balaban J connectivity index is 2.00. The van der Waals surface area contributed by atoms with Crippen molar-refractivity contribution in [1.29, 1.82) is 0 Å². The fourth-order valence-corrected chi connectivity index (χ4v) is 2.41. The maximum atomic E-state index is 12.0. The molecule has 0 aliphatic carbocycles. The molecule has 0 atom stereocenters. The highest BCUT2D eigenvalue weighted by atomic mass is 79.9. The van der Waals surface area contributed by atoms with E-state index in [0.29, 0.717) is 23.3 Å². The number of carbonyl (C=O) groups is 1. The van der Waals surface area contributed by atoms with Crippen LogP contribution in [0.1, 0.15) is 12.2 Å². The second-order valence-corrected chi connectivity index (χ2v) is 5.35. The Kier molecular flexibility index (Phi) is 4.71. The summed E-state index contributed by atoms with van der Waals surface area (Å²) in [5.74, 6) is 0.717. The van der Waals surface area contributed by atoms with E-state index in [1.807, 2.05) is 4.90 Å². The van der Waals surface area contributed by atoms with Crippen molar-refractivity contribution in [2.24, 2.45) is 0 Å². The minimum atomic E-state index is -0.138. The summed E-state index contributed by atoms with van der Waals surface area (Å²) in [6.07, 6.45) is 1.82. The van der Waals surface area contributed by atoms with E-state index in [1.165, 1.54) is 10.8 Å². The molecule has 1 amide bonds. The highest BCUT2D eigenvalue weighted by molar-refractivity contribution is 9.10. The number of rotatable bonds is 3. The van der Waals surface area contributed by atoms with Gasteiger partial charge in [-0.3, -0.25) is 14.2 Å². The van der Waals surface area contributed by atoms with Crippen LogP contribution >= 0.6 is 15.9 Å². The van der Waals surface area contributed by atoms with Gasteiger partial charge in [0.2, 0.25) is 5.91 Å². The van der Waals surface area contributed by atoms with Crippen LogP contribution in [-0.4, -0.2) is 46.5 Å². The quantitative estimate of drug-likeness (QED) is 0.856. The van der Waals surface area contributed by atoms with Gasteiger partial charge in [0.15, 0.2) is 0 Å². The van der Waals surface area contributed by atoms with Crippen molar-refractivity contribution in [3.05, 3.63) is 26.8 Å². The van der Waals surface area contributed by atoms with Gasteiger partial charge in [0.05, 0.1) is 0 Å². The highest BCUT2D eigenvalue weighted by Crippen LogP contribution is 2.04. The van der Waals surface area contributed by atoms with Crippen LogP contribution < -0.4 is 10.9 Å². The molecular formula is C12H17BrN4O2. The molecule has 1 aliphatic rings. The Morgan fingerprint density at radius 3 is 2.84 bits per heavy atom. The zero-order valence-electron chi connectivity index (χ0n) is 10.9. The number of halogens is 1. The lowest BCUT2D eigenvalue weighted by atomic mass is 10.3. The van der Waals surface area contributed by atoms with Crippen LogP contribution in [0.15, 0.2) is 15.5 Å². The van der Waals surface area contributed by atoms with Crippen molar-refractivity contribution in [2.45, 2.75) is 19.9 Å². The molecule has 0 spiro atoms. The number of aromatic nitrogens is 2. The summed E-state index contributed by atoms with van der Waals surface area (Å²) in [6, 6.07) is 0. The molecule has 1 N–H and O–H groups in total. The Morgan fingerprint density at radius 1 is 1.47 bits per heavy atom. The number of hydrogen-bond acceptors (Lipinski definition) is 4. The van der Waals surface area contributed by atoms with Gasteiger partial charge in [0.1, 0.15) is 10.3 Å². The van der Waals surface area contributed by atoms with Gasteiger partial charge in [-0.1, -0.05) is 0 Å². The maximum Gasteiger partial charge on any atom is 0.267 e. The molecule has 0 saturated carbocycles. The van der Waals surface area contributed by atoms with E-state index in [-0.39, 0.29) is 11.5 Å². The number of amides is 1. The molecule has 104 valence electrons. The van der Waals surface area contributed by atoms with Gasteiger partial charge >= 0.3 is 0 Å². The lowest BCUT2D eigenvalue weighted by molar-refractivity contribution is -0.132. The van der Waals surface area contributed by atoms with Crippen molar-refractivity contribution in [1.82, 2.24) is 19.8 Å². The first-order chi connectivity index (χ1) is 9.09. The van der Waals surface area contributed by atoms with Gasteiger partial charge in [-0.25, -0.2) is 4.98 Å². The third-order valence-corrected chi connectivity index (χ3v) is 3.77. The van der Waals surface area contributed by atoms with Crippen molar-refractivity contribution in [2.75, 3.05) is 26.2 Å². The average Bonchev–Trinajstić information content (AvgIpc) is 2.44. The standard InChI is InChI=1S/C12H17BrN4O2/c1-9-15-8-10(13)12(19)17(9)5-2-11(18)16-6-3-14-4-7-16/h8,14H,2-7H2,1H3. The number of piperazine rings is 1. The Labute approximate surface area is 119 Å². The van der Waals surface area contributed by atoms with E-state index < -0.39 is 0 Å². The van der Waals surface area contributed by atoms with E-state index >= 15 is 0 Å². The fraction of sp³-hybridized carbons (Fsp3) is 0.583. The first kappa shape index (κ1) is 14.2. The minimum Gasteiger partial charge on any atom is -0.340 e. The molecule has 0 radical (unpaired) electrons. The number of hydrogen-bond donors (Lipinski definition) is 1. The second kappa shape index (κ2) is 6.29. The molecule has 1 aromatic heterocycles. The molecule has 0 bridgehead atoms. The zero-order valence-corrected chi connectivity index (χ0v) is 12.4. The van der Waals surface area contributed by atoms with Gasteiger partial charge in [-0.2, -0.15) is 0 Å². The molecular weight excluding hydrogens is 312 g/mol. The van der Waals surface area contributed by atoms with Crippen molar-refractivity contribution >= 4 is 21.8 Å². The Hall–Kier alpha value is -1.21. The van der Waals surface area contributed by atoms with Crippen molar-refractivity contribution in [3.8, 4) is 0 Å². The SMILES string of the molecule is Cc1ncc(Br)c(=O)n1CCC(=O)N1CCNCC1. The molecule has 1 fully saturated rings. The normalized spacial score (nSPS) is 15.6. The van der Waals surface area contributed by atoms with Gasteiger partial charge in [0, 0.05) is 45.3 Å². The lowest BCUT2D eigenvalue weighted by Gasteiger charge is -2.27. The van der Waals surface area contributed by atoms with Crippen molar-refractivity contribution < 1.29 is 4.79 Å². The molecule has 6 nitrogen and oxygen atoms in total. The Bertz CT molecular complexity index is 523. The lowest BCUT2D eigenvalue weighted by Crippen LogP contribution is -2.46. The van der Waals surface area contributed by atoms with Crippen LogP contribution in [-0.2, 0) is 11.3 Å². The average molecular weight is 329 g/mol.